The number of amides is 1. The maximum atomic E-state index is 11.5. The monoisotopic (exact) mass is 212 g/mol. The molecule has 0 aromatic heterocycles. The molecule has 0 radical (unpaired) electrons. The fraction of sp³-hybridized carbons (Fsp3) is 0.800. The Balaban J connectivity index is 4.47. The van der Waals surface area contributed by atoms with Crippen molar-refractivity contribution >= 4 is 5.91 Å². The van der Waals surface area contributed by atoms with Gasteiger partial charge in [-0.05, 0) is 20.4 Å². The molecular weight excluding hydrogens is 192 g/mol. The standard InChI is InChI=1S/C10H20N4O/c1-4-5-9(10(15)13-12)14(3)8(2)6-7-11/h8-9H,4-6,12H2,1-3H3,(H,13,15). The van der Waals surface area contributed by atoms with Gasteiger partial charge in [-0.1, -0.05) is 13.3 Å². The molecule has 15 heavy (non-hydrogen) atoms. The maximum absolute atomic E-state index is 11.5. The molecule has 2 unspecified atom stereocenters. The van der Waals surface area contributed by atoms with Crippen molar-refractivity contribution in [1.29, 1.82) is 5.26 Å². The first-order valence-electron chi connectivity index (χ1n) is 5.17. The van der Waals surface area contributed by atoms with Crippen LogP contribution in [0.1, 0.15) is 33.1 Å². The lowest BCUT2D eigenvalue weighted by molar-refractivity contribution is -0.127. The number of nitrogens with two attached hydrogens (primary N) is 1. The van der Waals surface area contributed by atoms with Gasteiger partial charge in [-0.25, -0.2) is 5.84 Å². The van der Waals surface area contributed by atoms with Gasteiger partial charge < -0.3 is 0 Å². The smallest absolute Gasteiger partial charge is 0.251 e. The van der Waals surface area contributed by atoms with Crippen LogP contribution in [-0.2, 0) is 4.79 Å². The SMILES string of the molecule is CCCC(C(=O)NN)N(C)C(C)CC#N. The average Bonchev–Trinajstić information content (AvgIpc) is 2.24. The number of carbonyl (C=O) groups is 1. The first-order chi connectivity index (χ1) is 7.08. The van der Waals surface area contributed by atoms with Crippen molar-refractivity contribution in [2.75, 3.05) is 7.05 Å². The van der Waals surface area contributed by atoms with E-state index in [0.717, 1.165) is 12.8 Å². The van der Waals surface area contributed by atoms with Gasteiger partial charge in [0.15, 0.2) is 0 Å². The summed E-state index contributed by atoms with van der Waals surface area (Å²) >= 11 is 0. The Hall–Kier alpha value is -1.12. The van der Waals surface area contributed by atoms with E-state index in [0.29, 0.717) is 6.42 Å². The number of rotatable bonds is 6. The molecule has 0 rings (SSSR count). The molecule has 0 aliphatic heterocycles. The number of hydrogen-bond donors (Lipinski definition) is 2. The largest absolute Gasteiger partial charge is 0.293 e. The van der Waals surface area contributed by atoms with E-state index in [9.17, 15) is 4.79 Å². The first-order valence-corrected chi connectivity index (χ1v) is 5.17. The van der Waals surface area contributed by atoms with Crippen molar-refractivity contribution < 1.29 is 4.79 Å². The second-order valence-electron chi connectivity index (χ2n) is 3.69. The zero-order chi connectivity index (χ0) is 11.8. The molecule has 0 aromatic rings. The number of carbonyl (C=O) groups excluding carboxylic acids is 1. The van der Waals surface area contributed by atoms with Crippen molar-refractivity contribution in [3.05, 3.63) is 0 Å². The fourth-order valence-electron chi connectivity index (χ4n) is 1.47. The molecule has 2 atom stereocenters. The zero-order valence-electron chi connectivity index (χ0n) is 9.66. The van der Waals surface area contributed by atoms with Crippen molar-refractivity contribution in [3.8, 4) is 6.07 Å². The maximum Gasteiger partial charge on any atom is 0.251 e. The molecule has 0 heterocycles. The molecule has 1 amide bonds. The highest BCUT2D eigenvalue weighted by molar-refractivity contribution is 5.81. The Bertz CT molecular complexity index is 236. The molecular formula is C10H20N4O. The third-order valence-corrected chi connectivity index (χ3v) is 2.58. The topological polar surface area (TPSA) is 82.2 Å². The molecule has 3 N–H and O–H groups in total. The number of nitriles is 1. The van der Waals surface area contributed by atoms with E-state index in [-0.39, 0.29) is 18.0 Å². The lowest BCUT2D eigenvalue weighted by Crippen LogP contribution is -2.50. The van der Waals surface area contributed by atoms with E-state index in [1.54, 1.807) is 0 Å². The van der Waals surface area contributed by atoms with Crippen LogP contribution >= 0.6 is 0 Å². The summed E-state index contributed by atoms with van der Waals surface area (Å²) in [6.07, 6.45) is 2.06. The molecule has 0 saturated carbocycles. The third kappa shape index (κ3) is 4.28. The van der Waals surface area contributed by atoms with E-state index in [4.69, 9.17) is 11.1 Å². The van der Waals surface area contributed by atoms with E-state index >= 15 is 0 Å². The van der Waals surface area contributed by atoms with Crippen LogP contribution < -0.4 is 11.3 Å². The minimum absolute atomic E-state index is 0.0591. The van der Waals surface area contributed by atoms with Gasteiger partial charge in [0.25, 0.3) is 5.91 Å². The third-order valence-electron chi connectivity index (χ3n) is 2.58. The molecule has 0 bridgehead atoms. The number of nitrogens with zero attached hydrogens (tertiary/aromatic N) is 2. The predicted molar refractivity (Wildman–Crippen MR) is 58.5 cm³/mol. The Morgan fingerprint density at radius 2 is 2.27 bits per heavy atom. The molecule has 0 fully saturated rings. The fourth-order valence-corrected chi connectivity index (χ4v) is 1.47. The lowest BCUT2D eigenvalue weighted by atomic mass is 10.1. The van der Waals surface area contributed by atoms with Crippen LogP contribution in [0.3, 0.4) is 0 Å². The van der Waals surface area contributed by atoms with Crippen molar-refractivity contribution in [2.24, 2.45) is 5.84 Å². The molecule has 0 aliphatic carbocycles. The minimum atomic E-state index is -0.247. The van der Waals surface area contributed by atoms with Gasteiger partial charge >= 0.3 is 0 Å². The second kappa shape index (κ2) is 7.21. The highest BCUT2D eigenvalue weighted by Crippen LogP contribution is 2.10. The quantitative estimate of drug-likeness (QED) is 0.379. The van der Waals surface area contributed by atoms with Gasteiger partial charge in [0.2, 0.25) is 0 Å². The van der Waals surface area contributed by atoms with Gasteiger partial charge in [-0.2, -0.15) is 5.26 Å². The lowest BCUT2D eigenvalue weighted by Gasteiger charge is -2.30. The predicted octanol–water partition coefficient (Wildman–Crippen LogP) is 0.379. The van der Waals surface area contributed by atoms with Crippen LogP contribution in [0.25, 0.3) is 0 Å². The molecule has 0 saturated heterocycles. The number of nitrogens with one attached hydrogen (secondary N) is 1. The zero-order valence-corrected chi connectivity index (χ0v) is 9.66. The van der Waals surface area contributed by atoms with E-state index in [1.807, 2.05) is 25.8 Å². The van der Waals surface area contributed by atoms with Crippen LogP contribution in [0.15, 0.2) is 0 Å². The molecule has 5 heteroatoms. The summed E-state index contributed by atoms with van der Waals surface area (Å²) < 4.78 is 0. The summed E-state index contributed by atoms with van der Waals surface area (Å²) in [7, 11) is 1.84. The van der Waals surface area contributed by atoms with Gasteiger partial charge in [0.1, 0.15) is 0 Å². The highest BCUT2D eigenvalue weighted by Gasteiger charge is 2.24. The Kier molecular flexibility index (Phi) is 6.67. The van der Waals surface area contributed by atoms with E-state index in [1.165, 1.54) is 0 Å². The van der Waals surface area contributed by atoms with Gasteiger partial charge in [-0.15, -0.1) is 0 Å². The van der Waals surface area contributed by atoms with Crippen LogP contribution in [-0.4, -0.2) is 29.9 Å². The second-order valence-corrected chi connectivity index (χ2v) is 3.69. The average molecular weight is 212 g/mol. The van der Waals surface area contributed by atoms with Crippen molar-refractivity contribution in [2.45, 2.75) is 45.2 Å². The normalized spacial score (nSPS) is 14.4. The Morgan fingerprint density at radius 3 is 2.67 bits per heavy atom. The molecule has 0 aromatic carbocycles. The summed E-state index contributed by atoms with van der Waals surface area (Å²) in [5.74, 6) is 4.93. The van der Waals surface area contributed by atoms with Crippen LogP contribution in [0.5, 0.6) is 0 Å². The summed E-state index contributed by atoms with van der Waals surface area (Å²) in [6, 6.07) is 1.91. The van der Waals surface area contributed by atoms with Gasteiger partial charge in [-0.3, -0.25) is 15.1 Å². The Labute approximate surface area is 91.2 Å². The highest BCUT2D eigenvalue weighted by atomic mass is 16.2. The van der Waals surface area contributed by atoms with E-state index in [2.05, 4.69) is 11.5 Å². The molecule has 5 nitrogen and oxygen atoms in total. The van der Waals surface area contributed by atoms with Crippen molar-refractivity contribution in [3.63, 3.8) is 0 Å². The van der Waals surface area contributed by atoms with Gasteiger partial charge in [0, 0.05) is 6.04 Å². The molecule has 0 aliphatic rings. The first kappa shape index (κ1) is 13.9. The number of hydrazine groups is 1. The summed E-state index contributed by atoms with van der Waals surface area (Å²) in [6.45, 7) is 3.94. The molecule has 0 spiro atoms. The van der Waals surface area contributed by atoms with Crippen LogP contribution in [0, 0.1) is 11.3 Å². The summed E-state index contributed by atoms with van der Waals surface area (Å²) in [5, 5.41) is 8.59. The van der Waals surface area contributed by atoms with Crippen LogP contribution in [0.2, 0.25) is 0 Å². The number of likely N-dealkylation sites (N-methyl/N-ethyl adjacent to an activating group) is 1. The summed E-state index contributed by atoms with van der Waals surface area (Å²) in [4.78, 5) is 13.4. The number of hydrogen-bond acceptors (Lipinski definition) is 4. The molecule has 86 valence electrons. The van der Waals surface area contributed by atoms with Gasteiger partial charge in [0.05, 0.1) is 18.5 Å². The Morgan fingerprint density at radius 1 is 1.67 bits per heavy atom. The minimum Gasteiger partial charge on any atom is -0.293 e. The van der Waals surface area contributed by atoms with Crippen molar-refractivity contribution in [1.82, 2.24) is 10.3 Å². The van der Waals surface area contributed by atoms with Crippen LogP contribution in [0.4, 0.5) is 0 Å². The summed E-state index contributed by atoms with van der Waals surface area (Å²) in [5.41, 5.74) is 2.16. The van der Waals surface area contributed by atoms with E-state index < -0.39 is 0 Å².